The molecule has 6 nitrogen and oxygen atoms in total. The third-order valence-electron chi connectivity index (χ3n) is 5.41. The number of nitrogens with zero attached hydrogens (tertiary/aromatic N) is 2. The third-order valence-corrected chi connectivity index (χ3v) is 6.26. The maximum atomic E-state index is 12.5. The maximum absolute atomic E-state index is 12.5. The fourth-order valence-electron chi connectivity index (χ4n) is 3.74. The van der Waals surface area contributed by atoms with Crippen molar-refractivity contribution in [2.24, 2.45) is 5.92 Å². The lowest BCUT2D eigenvalue weighted by molar-refractivity contribution is -0.163. The molecule has 0 aromatic carbocycles. The standard InChI is InChI=1S/C20H28N2O4S/c1-15(18(23)21-10-4-2-3-5-11-21)26-20(25)16-8-12-22(13-9-16)19(24)17-7-6-14-27-17/h6-7,14-16H,2-5,8-13H2,1H3. The number of ether oxygens (including phenoxy) is 1. The summed E-state index contributed by atoms with van der Waals surface area (Å²) in [5.41, 5.74) is 0. The van der Waals surface area contributed by atoms with Gasteiger partial charge in [0.05, 0.1) is 10.8 Å². The van der Waals surface area contributed by atoms with E-state index in [9.17, 15) is 14.4 Å². The first-order chi connectivity index (χ1) is 13.1. The Morgan fingerprint density at radius 1 is 1.04 bits per heavy atom. The van der Waals surface area contributed by atoms with Gasteiger partial charge in [-0.15, -0.1) is 11.3 Å². The molecular weight excluding hydrogens is 364 g/mol. The van der Waals surface area contributed by atoms with Crippen LogP contribution in [0.3, 0.4) is 0 Å². The van der Waals surface area contributed by atoms with Gasteiger partial charge in [-0.05, 0) is 44.1 Å². The number of piperidine rings is 1. The highest BCUT2D eigenvalue weighted by atomic mass is 32.1. The molecule has 0 radical (unpaired) electrons. The molecule has 0 saturated carbocycles. The summed E-state index contributed by atoms with van der Waals surface area (Å²) in [6.07, 6.45) is 4.77. The Kier molecular flexibility index (Phi) is 6.88. The molecule has 7 heteroatoms. The minimum atomic E-state index is -0.735. The fourth-order valence-corrected chi connectivity index (χ4v) is 4.43. The van der Waals surface area contributed by atoms with Crippen LogP contribution in [-0.4, -0.2) is 59.9 Å². The van der Waals surface area contributed by atoms with Gasteiger partial charge in [-0.25, -0.2) is 0 Å². The lowest BCUT2D eigenvalue weighted by atomic mass is 9.97. The molecule has 1 aromatic rings. The van der Waals surface area contributed by atoms with Gasteiger partial charge in [-0.1, -0.05) is 18.9 Å². The number of carbonyl (C=O) groups excluding carboxylic acids is 3. The van der Waals surface area contributed by atoms with Crippen LogP contribution in [-0.2, 0) is 14.3 Å². The Morgan fingerprint density at radius 2 is 1.70 bits per heavy atom. The summed E-state index contributed by atoms with van der Waals surface area (Å²) in [5.74, 6) is -0.609. The van der Waals surface area contributed by atoms with Crippen molar-refractivity contribution in [1.29, 1.82) is 0 Å². The van der Waals surface area contributed by atoms with E-state index in [1.165, 1.54) is 11.3 Å². The minimum Gasteiger partial charge on any atom is -0.452 e. The highest BCUT2D eigenvalue weighted by Crippen LogP contribution is 2.22. The van der Waals surface area contributed by atoms with E-state index in [1.807, 2.05) is 22.4 Å². The van der Waals surface area contributed by atoms with E-state index < -0.39 is 6.10 Å². The van der Waals surface area contributed by atoms with E-state index >= 15 is 0 Å². The van der Waals surface area contributed by atoms with Gasteiger partial charge in [0.15, 0.2) is 6.10 Å². The predicted octanol–water partition coefficient (Wildman–Crippen LogP) is 2.93. The zero-order chi connectivity index (χ0) is 19.2. The average Bonchev–Trinajstić information content (AvgIpc) is 3.09. The second kappa shape index (κ2) is 9.35. The zero-order valence-corrected chi connectivity index (χ0v) is 16.7. The van der Waals surface area contributed by atoms with Crippen molar-refractivity contribution in [2.45, 2.75) is 51.6 Å². The summed E-state index contributed by atoms with van der Waals surface area (Å²) in [7, 11) is 0. The molecule has 1 atom stereocenters. The van der Waals surface area contributed by atoms with Crippen LogP contribution < -0.4 is 0 Å². The van der Waals surface area contributed by atoms with Crippen LogP contribution in [0.15, 0.2) is 17.5 Å². The van der Waals surface area contributed by atoms with Crippen LogP contribution in [0.25, 0.3) is 0 Å². The fraction of sp³-hybridized carbons (Fsp3) is 0.650. The summed E-state index contributed by atoms with van der Waals surface area (Å²) < 4.78 is 5.48. The lowest BCUT2D eigenvalue weighted by Crippen LogP contribution is -2.43. The van der Waals surface area contributed by atoms with E-state index in [-0.39, 0.29) is 23.7 Å². The van der Waals surface area contributed by atoms with Crippen molar-refractivity contribution in [3.63, 3.8) is 0 Å². The van der Waals surface area contributed by atoms with Crippen LogP contribution in [0.1, 0.15) is 55.1 Å². The van der Waals surface area contributed by atoms with Crippen LogP contribution in [0, 0.1) is 5.92 Å². The minimum absolute atomic E-state index is 0.0292. The molecule has 2 aliphatic heterocycles. The summed E-state index contributed by atoms with van der Waals surface area (Å²) in [6.45, 7) is 4.27. The molecule has 2 aliphatic rings. The molecule has 1 unspecified atom stereocenters. The van der Waals surface area contributed by atoms with Crippen LogP contribution >= 0.6 is 11.3 Å². The smallest absolute Gasteiger partial charge is 0.309 e. The normalized spacial score (nSPS) is 20.0. The Hall–Kier alpha value is -1.89. The van der Waals surface area contributed by atoms with Crippen molar-refractivity contribution >= 4 is 29.1 Å². The molecule has 148 valence electrons. The molecule has 2 fully saturated rings. The summed E-state index contributed by atoms with van der Waals surface area (Å²) >= 11 is 1.43. The topological polar surface area (TPSA) is 66.9 Å². The molecule has 1 aromatic heterocycles. The van der Waals surface area contributed by atoms with Crippen LogP contribution in [0.4, 0.5) is 0 Å². The molecule has 2 saturated heterocycles. The monoisotopic (exact) mass is 392 g/mol. The third kappa shape index (κ3) is 5.09. The number of carbonyl (C=O) groups is 3. The maximum Gasteiger partial charge on any atom is 0.309 e. The molecule has 27 heavy (non-hydrogen) atoms. The van der Waals surface area contributed by atoms with Crippen LogP contribution in [0.5, 0.6) is 0 Å². The summed E-state index contributed by atoms with van der Waals surface area (Å²) in [5, 5.41) is 1.89. The summed E-state index contributed by atoms with van der Waals surface area (Å²) in [6, 6.07) is 3.69. The van der Waals surface area contributed by atoms with Gasteiger partial charge >= 0.3 is 5.97 Å². The van der Waals surface area contributed by atoms with Gasteiger partial charge in [0.25, 0.3) is 11.8 Å². The molecule has 2 amide bonds. The molecule has 3 heterocycles. The van der Waals surface area contributed by atoms with E-state index in [2.05, 4.69) is 0 Å². The van der Waals surface area contributed by atoms with Gasteiger partial charge < -0.3 is 14.5 Å². The predicted molar refractivity (Wildman–Crippen MR) is 104 cm³/mol. The van der Waals surface area contributed by atoms with Crippen molar-refractivity contribution in [2.75, 3.05) is 26.2 Å². The number of hydrogen-bond acceptors (Lipinski definition) is 5. The Labute approximate surface area is 164 Å². The second-order valence-electron chi connectivity index (χ2n) is 7.36. The van der Waals surface area contributed by atoms with Gasteiger partial charge in [0.2, 0.25) is 0 Å². The molecule has 0 aliphatic carbocycles. The van der Waals surface area contributed by atoms with Crippen molar-refractivity contribution in [3.05, 3.63) is 22.4 Å². The molecule has 0 bridgehead atoms. The van der Waals surface area contributed by atoms with Gasteiger partial charge in [0.1, 0.15) is 0 Å². The molecular formula is C20H28N2O4S. The number of hydrogen-bond donors (Lipinski definition) is 0. The van der Waals surface area contributed by atoms with Crippen molar-refractivity contribution in [3.8, 4) is 0 Å². The number of amides is 2. The van der Waals surface area contributed by atoms with Gasteiger partial charge in [-0.2, -0.15) is 0 Å². The van der Waals surface area contributed by atoms with Gasteiger partial charge in [0, 0.05) is 26.2 Å². The first kappa shape index (κ1) is 19.9. The van der Waals surface area contributed by atoms with E-state index in [4.69, 9.17) is 4.74 Å². The zero-order valence-electron chi connectivity index (χ0n) is 15.9. The van der Waals surface area contributed by atoms with E-state index in [1.54, 1.807) is 11.8 Å². The Balaban J connectivity index is 1.46. The van der Waals surface area contributed by atoms with E-state index in [0.29, 0.717) is 25.9 Å². The second-order valence-corrected chi connectivity index (χ2v) is 8.31. The molecule has 0 N–H and O–H groups in total. The first-order valence-electron chi connectivity index (χ1n) is 9.88. The highest BCUT2D eigenvalue weighted by Gasteiger charge is 2.32. The Bertz CT molecular complexity index is 645. The molecule has 3 rings (SSSR count). The highest BCUT2D eigenvalue weighted by molar-refractivity contribution is 7.12. The van der Waals surface area contributed by atoms with Crippen molar-refractivity contribution in [1.82, 2.24) is 9.80 Å². The number of thiophene rings is 1. The average molecular weight is 393 g/mol. The SMILES string of the molecule is CC(OC(=O)C1CCN(C(=O)c2cccs2)CC1)C(=O)N1CCCCCC1. The van der Waals surface area contributed by atoms with Gasteiger partial charge in [-0.3, -0.25) is 14.4 Å². The largest absolute Gasteiger partial charge is 0.452 e. The lowest BCUT2D eigenvalue weighted by Gasteiger charge is -2.31. The first-order valence-corrected chi connectivity index (χ1v) is 10.8. The Morgan fingerprint density at radius 3 is 2.30 bits per heavy atom. The van der Waals surface area contributed by atoms with Crippen LogP contribution in [0.2, 0.25) is 0 Å². The number of esters is 1. The number of rotatable bonds is 4. The number of likely N-dealkylation sites (tertiary alicyclic amines) is 2. The quantitative estimate of drug-likeness (QED) is 0.739. The van der Waals surface area contributed by atoms with E-state index in [0.717, 1.165) is 43.6 Å². The molecule has 0 spiro atoms. The summed E-state index contributed by atoms with van der Waals surface area (Å²) in [4.78, 5) is 41.7. The van der Waals surface area contributed by atoms with Crippen molar-refractivity contribution < 1.29 is 19.1 Å².